The number of fused-ring (bicyclic) bond motifs is 1. The Balaban J connectivity index is 1.89. The van der Waals surface area contributed by atoms with Gasteiger partial charge in [-0.05, 0) is 38.7 Å². The minimum absolute atomic E-state index is 0.150. The third-order valence-corrected chi connectivity index (χ3v) is 4.99. The molecule has 2 heterocycles. The molecular weight excluding hydrogens is 300 g/mol. The minimum atomic E-state index is 0.150. The lowest BCUT2D eigenvalue weighted by Gasteiger charge is -2.33. The molecule has 0 radical (unpaired) electrons. The van der Waals surface area contributed by atoms with E-state index in [2.05, 4.69) is 6.92 Å². The number of aromatic nitrogens is 1. The molecule has 1 aliphatic heterocycles. The first-order valence-electron chi connectivity index (χ1n) is 9.02. The van der Waals surface area contributed by atoms with Crippen LogP contribution in [0, 0.1) is 0 Å². The Morgan fingerprint density at radius 1 is 1.21 bits per heavy atom. The monoisotopic (exact) mass is 326 g/mol. The van der Waals surface area contributed by atoms with Crippen LogP contribution in [0.1, 0.15) is 56.3 Å². The summed E-state index contributed by atoms with van der Waals surface area (Å²) in [6, 6.07) is 8.19. The molecule has 3 rings (SSSR count). The summed E-state index contributed by atoms with van der Waals surface area (Å²) in [4.78, 5) is 27.1. The molecule has 1 aromatic carbocycles. The fourth-order valence-corrected chi connectivity index (χ4v) is 3.67. The molecule has 4 heteroatoms. The average Bonchev–Trinajstić information content (AvgIpc) is 2.94. The maximum atomic E-state index is 12.7. The summed E-state index contributed by atoms with van der Waals surface area (Å²) in [5, 5.41) is 0.954. The zero-order valence-electron chi connectivity index (χ0n) is 14.6. The van der Waals surface area contributed by atoms with Crippen molar-refractivity contribution in [1.82, 2.24) is 9.47 Å². The number of carbonyl (C=O) groups is 2. The van der Waals surface area contributed by atoms with Crippen molar-refractivity contribution in [1.29, 1.82) is 0 Å². The van der Waals surface area contributed by atoms with Crippen LogP contribution in [-0.2, 0) is 11.3 Å². The number of hydrogen-bond acceptors (Lipinski definition) is 2. The highest BCUT2D eigenvalue weighted by Crippen LogP contribution is 2.24. The molecule has 1 atom stereocenters. The molecule has 128 valence electrons. The van der Waals surface area contributed by atoms with Crippen LogP contribution >= 0.6 is 0 Å². The summed E-state index contributed by atoms with van der Waals surface area (Å²) in [7, 11) is 0. The van der Waals surface area contributed by atoms with Gasteiger partial charge in [-0.2, -0.15) is 0 Å². The summed E-state index contributed by atoms with van der Waals surface area (Å²) in [5.74, 6) is 0.309. The largest absolute Gasteiger partial charge is 0.338 e. The maximum Gasteiger partial charge on any atom is 0.242 e. The van der Waals surface area contributed by atoms with Gasteiger partial charge in [-0.15, -0.1) is 0 Å². The van der Waals surface area contributed by atoms with Gasteiger partial charge in [0.2, 0.25) is 5.91 Å². The van der Waals surface area contributed by atoms with Crippen LogP contribution in [0.15, 0.2) is 30.5 Å². The van der Waals surface area contributed by atoms with E-state index in [9.17, 15) is 9.59 Å². The Morgan fingerprint density at radius 2 is 2.00 bits per heavy atom. The van der Waals surface area contributed by atoms with Crippen LogP contribution < -0.4 is 0 Å². The zero-order valence-corrected chi connectivity index (χ0v) is 14.6. The summed E-state index contributed by atoms with van der Waals surface area (Å²) in [5.41, 5.74) is 1.71. The number of likely N-dealkylation sites (tertiary alicyclic amines) is 1. The molecule has 0 N–H and O–H groups in total. The molecule has 2 aromatic rings. The highest BCUT2D eigenvalue weighted by atomic mass is 16.2. The van der Waals surface area contributed by atoms with Crippen molar-refractivity contribution in [2.75, 3.05) is 6.54 Å². The number of piperidine rings is 1. The van der Waals surface area contributed by atoms with Crippen molar-refractivity contribution < 1.29 is 9.59 Å². The summed E-state index contributed by atoms with van der Waals surface area (Å²) < 4.78 is 1.95. The fraction of sp³-hybridized carbons (Fsp3) is 0.500. The van der Waals surface area contributed by atoms with Crippen molar-refractivity contribution in [2.45, 2.75) is 58.5 Å². The van der Waals surface area contributed by atoms with Crippen LogP contribution in [0.3, 0.4) is 0 Å². The van der Waals surface area contributed by atoms with Crippen molar-refractivity contribution in [3.63, 3.8) is 0 Å². The number of amides is 1. The minimum Gasteiger partial charge on any atom is -0.338 e. The number of carbonyl (C=O) groups excluding carboxylic acids is 2. The van der Waals surface area contributed by atoms with Gasteiger partial charge in [-0.1, -0.05) is 25.1 Å². The molecule has 1 unspecified atom stereocenters. The van der Waals surface area contributed by atoms with E-state index in [1.807, 2.05) is 46.9 Å². The van der Waals surface area contributed by atoms with Crippen LogP contribution in [0.25, 0.3) is 10.9 Å². The number of rotatable bonds is 5. The molecule has 1 saturated heterocycles. The number of para-hydroxylation sites is 1. The van der Waals surface area contributed by atoms with Crippen molar-refractivity contribution in [2.24, 2.45) is 0 Å². The lowest BCUT2D eigenvalue weighted by Crippen LogP contribution is -2.43. The van der Waals surface area contributed by atoms with Crippen molar-refractivity contribution in [3.05, 3.63) is 36.0 Å². The standard InChI is InChI=1S/C20H26N2O2/c1-3-8-19(23)17-13-21(18-11-5-4-10-16(17)18)14-20(24)22-12-7-6-9-15(22)2/h4-5,10-11,13,15H,3,6-9,12,14H2,1-2H3. The molecular formula is C20H26N2O2. The molecule has 0 spiro atoms. The molecule has 4 nitrogen and oxygen atoms in total. The Morgan fingerprint density at radius 3 is 2.75 bits per heavy atom. The number of nitrogens with zero attached hydrogens (tertiary/aromatic N) is 2. The van der Waals surface area contributed by atoms with Crippen LogP contribution in [0.5, 0.6) is 0 Å². The Labute approximate surface area is 143 Å². The van der Waals surface area contributed by atoms with Gasteiger partial charge in [-0.25, -0.2) is 0 Å². The lowest BCUT2D eigenvalue weighted by molar-refractivity contribution is -0.135. The van der Waals surface area contributed by atoms with Crippen LogP contribution in [0.4, 0.5) is 0 Å². The Kier molecular flexibility index (Phi) is 5.03. The van der Waals surface area contributed by atoms with Gasteiger partial charge in [0, 0.05) is 41.7 Å². The highest BCUT2D eigenvalue weighted by molar-refractivity contribution is 6.08. The summed E-state index contributed by atoms with van der Waals surface area (Å²) >= 11 is 0. The van der Waals surface area contributed by atoms with E-state index in [0.717, 1.165) is 42.3 Å². The predicted molar refractivity (Wildman–Crippen MR) is 96.2 cm³/mol. The molecule has 24 heavy (non-hydrogen) atoms. The SMILES string of the molecule is CCCC(=O)c1cn(CC(=O)N2CCCCC2C)c2ccccc12. The molecule has 0 saturated carbocycles. The topological polar surface area (TPSA) is 42.3 Å². The maximum absolute atomic E-state index is 12.7. The smallest absolute Gasteiger partial charge is 0.242 e. The number of ketones is 1. The van der Waals surface area contributed by atoms with Crippen molar-refractivity contribution in [3.8, 4) is 0 Å². The van der Waals surface area contributed by atoms with Gasteiger partial charge < -0.3 is 9.47 Å². The van der Waals surface area contributed by atoms with E-state index in [0.29, 0.717) is 19.0 Å². The van der Waals surface area contributed by atoms with Gasteiger partial charge >= 0.3 is 0 Å². The van der Waals surface area contributed by atoms with E-state index in [-0.39, 0.29) is 11.7 Å². The highest BCUT2D eigenvalue weighted by Gasteiger charge is 2.24. The number of benzene rings is 1. The predicted octanol–water partition coefficient (Wildman–Crippen LogP) is 4.03. The Bertz CT molecular complexity index is 747. The summed E-state index contributed by atoms with van der Waals surface area (Å²) in [6.07, 6.45) is 6.62. The second-order valence-electron chi connectivity index (χ2n) is 6.79. The van der Waals surface area contributed by atoms with Gasteiger partial charge in [0.25, 0.3) is 0 Å². The fourth-order valence-electron chi connectivity index (χ4n) is 3.67. The van der Waals surface area contributed by atoms with Crippen molar-refractivity contribution >= 4 is 22.6 Å². The number of hydrogen-bond donors (Lipinski definition) is 0. The van der Waals surface area contributed by atoms with E-state index < -0.39 is 0 Å². The second-order valence-corrected chi connectivity index (χ2v) is 6.79. The third kappa shape index (κ3) is 3.23. The van der Waals surface area contributed by atoms with Gasteiger partial charge in [0.15, 0.2) is 5.78 Å². The quantitative estimate of drug-likeness (QED) is 0.779. The van der Waals surface area contributed by atoms with Crippen LogP contribution in [0.2, 0.25) is 0 Å². The van der Waals surface area contributed by atoms with E-state index in [4.69, 9.17) is 0 Å². The van der Waals surface area contributed by atoms with Gasteiger partial charge in [0.05, 0.1) is 0 Å². The normalized spacial score (nSPS) is 18.1. The van der Waals surface area contributed by atoms with Crippen LogP contribution in [-0.4, -0.2) is 33.7 Å². The molecule has 0 aliphatic carbocycles. The Hall–Kier alpha value is -2.10. The molecule has 1 amide bonds. The van der Waals surface area contributed by atoms with Gasteiger partial charge in [0.1, 0.15) is 6.54 Å². The first-order valence-corrected chi connectivity index (χ1v) is 9.02. The second kappa shape index (κ2) is 7.20. The van der Waals surface area contributed by atoms with E-state index >= 15 is 0 Å². The third-order valence-electron chi connectivity index (χ3n) is 4.99. The number of Topliss-reactive ketones (excluding diaryl/α,β-unsaturated/α-hetero) is 1. The molecule has 1 fully saturated rings. The average molecular weight is 326 g/mol. The zero-order chi connectivity index (χ0) is 17.1. The molecule has 1 aliphatic rings. The van der Waals surface area contributed by atoms with E-state index in [1.165, 1.54) is 6.42 Å². The first kappa shape index (κ1) is 16.7. The van der Waals surface area contributed by atoms with E-state index in [1.54, 1.807) is 0 Å². The summed E-state index contributed by atoms with van der Waals surface area (Å²) in [6.45, 7) is 5.30. The first-order chi connectivity index (χ1) is 11.6. The molecule has 0 bridgehead atoms. The molecule has 1 aromatic heterocycles. The van der Waals surface area contributed by atoms with Gasteiger partial charge in [-0.3, -0.25) is 9.59 Å². The lowest BCUT2D eigenvalue weighted by atomic mass is 10.0.